The molecule has 1 aromatic heterocycles. The Kier molecular flexibility index (Phi) is 6.20. The Bertz CT molecular complexity index is 1050. The molecule has 148 valence electrons. The maximum Gasteiger partial charge on any atom is 0.339 e. The summed E-state index contributed by atoms with van der Waals surface area (Å²) in [4.78, 5) is 36.0. The van der Waals surface area contributed by atoms with Crippen LogP contribution in [-0.2, 0) is 4.79 Å². The smallest absolute Gasteiger partial charge is 0.339 e. The molecule has 9 heteroatoms. The highest BCUT2D eigenvalue weighted by Crippen LogP contribution is 2.24. The first kappa shape index (κ1) is 20.0. The van der Waals surface area contributed by atoms with Crippen molar-refractivity contribution in [3.05, 3.63) is 72.2 Å². The first-order chi connectivity index (χ1) is 13.9. The summed E-state index contributed by atoms with van der Waals surface area (Å²) in [6.07, 6.45) is 1.41. The van der Waals surface area contributed by atoms with Crippen LogP contribution < -0.4 is 10.6 Å². The van der Waals surface area contributed by atoms with Gasteiger partial charge in [0.15, 0.2) is 5.76 Å². The average molecular weight is 412 g/mol. The van der Waals surface area contributed by atoms with E-state index in [1.165, 1.54) is 36.2 Å². The van der Waals surface area contributed by atoms with Crippen LogP contribution in [0.15, 0.2) is 70.2 Å². The molecule has 3 rings (SSSR count). The molecule has 0 unspecified atom stereocenters. The minimum atomic E-state index is -1.29. The van der Waals surface area contributed by atoms with E-state index in [-0.39, 0.29) is 40.3 Å². The van der Waals surface area contributed by atoms with Crippen molar-refractivity contribution in [3.8, 4) is 5.75 Å². The van der Waals surface area contributed by atoms with Gasteiger partial charge in [0.1, 0.15) is 11.3 Å². The van der Waals surface area contributed by atoms with E-state index in [2.05, 4.69) is 10.6 Å². The fraction of sp³-hybridized carbons (Fsp3) is 0.0500. The summed E-state index contributed by atoms with van der Waals surface area (Å²) in [5, 5.41) is 23.8. The second-order valence-corrected chi connectivity index (χ2v) is 6.88. The number of anilines is 2. The van der Waals surface area contributed by atoms with Gasteiger partial charge in [0.2, 0.25) is 5.91 Å². The van der Waals surface area contributed by atoms with Crippen molar-refractivity contribution in [2.45, 2.75) is 4.90 Å². The summed E-state index contributed by atoms with van der Waals surface area (Å²) in [6, 6.07) is 14.0. The number of hydrogen-bond acceptors (Lipinski definition) is 6. The number of benzene rings is 2. The largest absolute Gasteiger partial charge is 0.507 e. The van der Waals surface area contributed by atoms with Crippen LogP contribution in [0.25, 0.3) is 0 Å². The van der Waals surface area contributed by atoms with Crippen LogP contribution in [-0.4, -0.2) is 33.7 Å². The molecule has 0 aliphatic heterocycles. The van der Waals surface area contributed by atoms with Gasteiger partial charge in [-0.25, -0.2) is 4.79 Å². The van der Waals surface area contributed by atoms with E-state index >= 15 is 0 Å². The predicted molar refractivity (Wildman–Crippen MR) is 108 cm³/mol. The summed E-state index contributed by atoms with van der Waals surface area (Å²) in [5.41, 5.74) is 0.530. The molecule has 8 nitrogen and oxygen atoms in total. The minimum Gasteiger partial charge on any atom is -0.507 e. The summed E-state index contributed by atoms with van der Waals surface area (Å²) in [5.74, 6) is -2.13. The van der Waals surface area contributed by atoms with E-state index in [9.17, 15) is 19.5 Å². The second kappa shape index (κ2) is 8.98. The zero-order valence-electron chi connectivity index (χ0n) is 14.9. The summed E-state index contributed by atoms with van der Waals surface area (Å²) in [6.45, 7) is 0. The molecular formula is C20H16N2O6S. The maximum atomic E-state index is 12.1. The van der Waals surface area contributed by atoms with E-state index in [0.717, 1.165) is 4.90 Å². The van der Waals surface area contributed by atoms with Gasteiger partial charge in [-0.3, -0.25) is 9.59 Å². The van der Waals surface area contributed by atoms with E-state index in [1.54, 1.807) is 36.4 Å². The third-order valence-electron chi connectivity index (χ3n) is 3.72. The number of hydrogen-bond donors (Lipinski definition) is 4. The monoisotopic (exact) mass is 412 g/mol. The molecule has 0 saturated heterocycles. The van der Waals surface area contributed by atoms with E-state index in [0.29, 0.717) is 5.69 Å². The molecule has 0 aliphatic rings. The van der Waals surface area contributed by atoms with Crippen molar-refractivity contribution in [1.82, 2.24) is 0 Å². The quantitative estimate of drug-likeness (QED) is 0.344. The van der Waals surface area contributed by atoms with Gasteiger partial charge < -0.3 is 25.3 Å². The van der Waals surface area contributed by atoms with Gasteiger partial charge in [-0.2, -0.15) is 0 Å². The molecule has 1 heterocycles. The van der Waals surface area contributed by atoms with Crippen molar-refractivity contribution in [2.75, 3.05) is 16.4 Å². The average Bonchev–Trinajstić information content (AvgIpc) is 3.23. The van der Waals surface area contributed by atoms with E-state index in [1.807, 2.05) is 0 Å². The van der Waals surface area contributed by atoms with E-state index in [4.69, 9.17) is 9.52 Å². The molecule has 0 fully saturated rings. The Morgan fingerprint density at radius 1 is 0.966 bits per heavy atom. The first-order valence-corrected chi connectivity index (χ1v) is 9.35. The molecule has 0 saturated carbocycles. The third kappa shape index (κ3) is 5.39. The van der Waals surface area contributed by atoms with Crippen molar-refractivity contribution in [2.24, 2.45) is 0 Å². The maximum absolute atomic E-state index is 12.1. The summed E-state index contributed by atoms with van der Waals surface area (Å²) >= 11 is 1.25. The molecule has 29 heavy (non-hydrogen) atoms. The zero-order valence-corrected chi connectivity index (χ0v) is 15.7. The molecule has 0 atom stereocenters. The molecule has 0 spiro atoms. The Morgan fingerprint density at radius 3 is 2.48 bits per heavy atom. The number of furan rings is 1. The highest BCUT2D eigenvalue weighted by Gasteiger charge is 2.12. The van der Waals surface area contributed by atoms with E-state index < -0.39 is 5.97 Å². The number of aromatic carboxylic acids is 1. The van der Waals surface area contributed by atoms with Crippen LogP contribution in [0.1, 0.15) is 20.9 Å². The van der Waals surface area contributed by atoms with Crippen LogP contribution in [0.5, 0.6) is 5.75 Å². The van der Waals surface area contributed by atoms with Crippen molar-refractivity contribution in [3.63, 3.8) is 0 Å². The van der Waals surface area contributed by atoms with Gasteiger partial charge >= 0.3 is 5.97 Å². The first-order valence-electron chi connectivity index (χ1n) is 8.36. The lowest BCUT2D eigenvalue weighted by Crippen LogP contribution is -2.14. The van der Waals surface area contributed by atoms with Gasteiger partial charge in [0.05, 0.1) is 12.0 Å². The fourth-order valence-electron chi connectivity index (χ4n) is 2.40. The number of carboxylic acid groups (broad SMARTS) is 1. The van der Waals surface area contributed by atoms with Crippen LogP contribution in [0.2, 0.25) is 0 Å². The predicted octanol–water partition coefficient (Wildman–Crippen LogP) is 3.67. The SMILES string of the molecule is O=C(CSc1cccc(NC(=O)c2ccco2)c1)Nc1ccc(O)c(C(=O)O)c1. The highest BCUT2D eigenvalue weighted by atomic mass is 32.2. The van der Waals surface area contributed by atoms with Crippen molar-refractivity contribution < 1.29 is 29.0 Å². The van der Waals surface area contributed by atoms with Gasteiger partial charge in [-0.1, -0.05) is 6.07 Å². The molecule has 0 bridgehead atoms. The lowest BCUT2D eigenvalue weighted by Gasteiger charge is -2.08. The fourth-order valence-corrected chi connectivity index (χ4v) is 3.15. The minimum absolute atomic E-state index is 0.0683. The molecule has 2 aromatic carbocycles. The molecule has 3 aromatic rings. The Balaban J connectivity index is 1.57. The van der Waals surface area contributed by atoms with Gasteiger partial charge in [-0.05, 0) is 48.5 Å². The van der Waals surface area contributed by atoms with Crippen LogP contribution in [0.4, 0.5) is 11.4 Å². The Morgan fingerprint density at radius 2 is 1.76 bits per heavy atom. The normalized spacial score (nSPS) is 10.3. The Hall–Kier alpha value is -3.72. The number of nitrogens with one attached hydrogen (secondary N) is 2. The van der Waals surface area contributed by atoms with Gasteiger partial charge in [0.25, 0.3) is 5.91 Å². The number of carbonyl (C=O) groups excluding carboxylic acids is 2. The topological polar surface area (TPSA) is 129 Å². The number of amides is 2. The lowest BCUT2D eigenvalue weighted by molar-refractivity contribution is -0.113. The molecule has 4 N–H and O–H groups in total. The molecule has 2 amide bonds. The number of thioether (sulfide) groups is 1. The van der Waals surface area contributed by atoms with Crippen LogP contribution >= 0.6 is 11.8 Å². The number of carbonyl (C=O) groups is 3. The third-order valence-corrected chi connectivity index (χ3v) is 4.71. The zero-order chi connectivity index (χ0) is 20.8. The molecular weight excluding hydrogens is 396 g/mol. The van der Waals surface area contributed by atoms with Crippen molar-refractivity contribution >= 4 is 40.9 Å². The summed E-state index contributed by atoms with van der Waals surface area (Å²) < 4.78 is 5.04. The second-order valence-electron chi connectivity index (χ2n) is 5.83. The standard InChI is InChI=1S/C20H16N2O6S/c23-16-7-6-13(10-15(16)20(26)27)21-18(24)11-29-14-4-1-3-12(9-14)22-19(25)17-5-2-8-28-17/h1-10,23H,11H2,(H,21,24)(H,22,25)(H,26,27). The Labute approximate surface area is 169 Å². The highest BCUT2D eigenvalue weighted by molar-refractivity contribution is 8.00. The summed E-state index contributed by atoms with van der Waals surface area (Å²) in [7, 11) is 0. The number of carboxylic acids is 1. The molecule has 0 aliphatic carbocycles. The lowest BCUT2D eigenvalue weighted by atomic mass is 10.2. The number of aromatic hydroxyl groups is 1. The van der Waals surface area contributed by atoms with Gasteiger partial charge in [0, 0.05) is 16.3 Å². The number of phenols is 1. The van der Waals surface area contributed by atoms with Crippen molar-refractivity contribution in [1.29, 1.82) is 0 Å². The van der Waals surface area contributed by atoms with Crippen LogP contribution in [0, 0.1) is 0 Å². The number of rotatable bonds is 7. The molecule has 0 radical (unpaired) electrons. The van der Waals surface area contributed by atoms with Gasteiger partial charge in [-0.15, -0.1) is 11.8 Å². The van der Waals surface area contributed by atoms with Crippen LogP contribution in [0.3, 0.4) is 0 Å².